The molecule has 0 heterocycles. The molecular formula is C21H25NO4. The highest BCUT2D eigenvalue weighted by atomic mass is 16.5. The zero-order chi connectivity index (χ0) is 18.8. The summed E-state index contributed by atoms with van der Waals surface area (Å²) in [6.45, 7) is 3.50. The van der Waals surface area contributed by atoms with Crippen molar-refractivity contribution in [3.8, 4) is 17.2 Å². The highest BCUT2D eigenvalue weighted by molar-refractivity contribution is 5.91. The van der Waals surface area contributed by atoms with Crippen LogP contribution in [0.2, 0.25) is 0 Å². The molecular weight excluding hydrogens is 330 g/mol. The predicted octanol–water partition coefficient (Wildman–Crippen LogP) is 3.64. The van der Waals surface area contributed by atoms with E-state index in [4.69, 9.17) is 14.2 Å². The number of benzene rings is 2. The summed E-state index contributed by atoms with van der Waals surface area (Å²) in [6.07, 6.45) is 3.35. The molecule has 0 aliphatic rings. The maximum atomic E-state index is 12.2. The number of amides is 1. The van der Waals surface area contributed by atoms with Gasteiger partial charge in [-0.3, -0.25) is 4.79 Å². The Bertz CT molecular complexity index is 708. The van der Waals surface area contributed by atoms with Crippen LogP contribution in [0.25, 0.3) is 6.08 Å². The first-order chi connectivity index (χ1) is 12.6. The first kappa shape index (κ1) is 19.4. The van der Waals surface area contributed by atoms with E-state index in [-0.39, 0.29) is 5.91 Å². The smallest absolute Gasteiger partial charge is 0.246 e. The Morgan fingerprint density at radius 3 is 2.15 bits per heavy atom. The SMILES string of the molecule is CCOc1ccc(/C=C/C(=O)N(C)CCOc2ccc(OC)cc2)cc1. The van der Waals surface area contributed by atoms with Crippen molar-refractivity contribution >= 4 is 12.0 Å². The maximum Gasteiger partial charge on any atom is 0.246 e. The lowest BCUT2D eigenvalue weighted by Gasteiger charge is -2.15. The number of ether oxygens (including phenoxy) is 3. The Morgan fingerprint density at radius 1 is 0.962 bits per heavy atom. The minimum absolute atomic E-state index is 0.0720. The van der Waals surface area contributed by atoms with Crippen molar-refractivity contribution in [3.05, 3.63) is 60.2 Å². The summed E-state index contributed by atoms with van der Waals surface area (Å²) in [6, 6.07) is 15.0. The van der Waals surface area contributed by atoms with Crippen LogP contribution < -0.4 is 14.2 Å². The minimum Gasteiger partial charge on any atom is -0.497 e. The number of likely N-dealkylation sites (N-methyl/N-ethyl adjacent to an activating group) is 1. The summed E-state index contributed by atoms with van der Waals surface area (Å²) in [5.74, 6) is 2.28. The second kappa shape index (κ2) is 10.1. The van der Waals surface area contributed by atoms with Crippen LogP contribution in [-0.4, -0.2) is 44.7 Å². The van der Waals surface area contributed by atoms with E-state index in [2.05, 4.69) is 0 Å². The molecule has 5 nitrogen and oxygen atoms in total. The summed E-state index contributed by atoms with van der Waals surface area (Å²) in [4.78, 5) is 13.8. The summed E-state index contributed by atoms with van der Waals surface area (Å²) in [5.41, 5.74) is 0.949. The second-order valence-electron chi connectivity index (χ2n) is 5.62. The van der Waals surface area contributed by atoms with E-state index in [9.17, 15) is 4.79 Å². The van der Waals surface area contributed by atoms with Gasteiger partial charge in [0.1, 0.15) is 23.9 Å². The summed E-state index contributed by atoms with van der Waals surface area (Å²) >= 11 is 0. The van der Waals surface area contributed by atoms with Gasteiger partial charge in [-0.2, -0.15) is 0 Å². The molecule has 2 aromatic carbocycles. The number of hydrogen-bond donors (Lipinski definition) is 0. The average molecular weight is 355 g/mol. The molecule has 26 heavy (non-hydrogen) atoms. The van der Waals surface area contributed by atoms with Crippen LogP contribution in [0, 0.1) is 0 Å². The van der Waals surface area contributed by atoms with Crippen LogP contribution in [0.5, 0.6) is 17.2 Å². The first-order valence-corrected chi connectivity index (χ1v) is 8.55. The number of rotatable bonds is 9. The lowest BCUT2D eigenvalue weighted by atomic mass is 10.2. The molecule has 0 aliphatic heterocycles. The van der Waals surface area contributed by atoms with Gasteiger partial charge >= 0.3 is 0 Å². The van der Waals surface area contributed by atoms with Crippen molar-refractivity contribution in [3.63, 3.8) is 0 Å². The molecule has 0 radical (unpaired) electrons. The van der Waals surface area contributed by atoms with Crippen LogP contribution in [0.3, 0.4) is 0 Å². The highest BCUT2D eigenvalue weighted by Crippen LogP contribution is 2.17. The van der Waals surface area contributed by atoms with Crippen molar-refractivity contribution in [1.82, 2.24) is 4.90 Å². The summed E-state index contributed by atoms with van der Waals surface area (Å²) in [7, 11) is 3.37. The highest BCUT2D eigenvalue weighted by Gasteiger charge is 2.05. The van der Waals surface area contributed by atoms with E-state index in [0.717, 1.165) is 22.8 Å². The fourth-order valence-corrected chi connectivity index (χ4v) is 2.22. The van der Waals surface area contributed by atoms with Crippen molar-refractivity contribution in [2.45, 2.75) is 6.92 Å². The molecule has 1 amide bonds. The molecule has 138 valence electrons. The van der Waals surface area contributed by atoms with Gasteiger partial charge < -0.3 is 19.1 Å². The Balaban J connectivity index is 1.77. The van der Waals surface area contributed by atoms with Gasteiger partial charge in [0.15, 0.2) is 0 Å². The Hall–Kier alpha value is -2.95. The molecule has 0 spiro atoms. The molecule has 0 fully saturated rings. The molecule has 0 unspecified atom stereocenters. The molecule has 0 saturated heterocycles. The standard InChI is InChI=1S/C21H25NO4/c1-4-25-19-8-5-17(6-9-19)7-14-21(23)22(2)15-16-26-20-12-10-18(24-3)11-13-20/h5-14H,4,15-16H2,1-3H3/b14-7+. The van der Waals surface area contributed by atoms with E-state index in [1.54, 1.807) is 31.2 Å². The predicted molar refractivity (Wildman–Crippen MR) is 103 cm³/mol. The van der Waals surface area contributed by atoms with Crippen molar-refractivity contribution in [2.75, 3.05) is 33.9 Å². The third-order valence-electron chi connectivity index (χ3n) is 3.74. The minimum atomic E-state index is -0.0720. The molecule has 0 aromatic heterocycles. The molecule has 0 saturated carbocycles. The van der Waals surface area contributed by atoms with E-state index in [1.165, 1.54) is 0 Å². The number of nitrogens with zero attached hydrogens (tertiary/aromatic N) is 1. The van der Waals surface area contributed by atoms with Crippen LogP contribution in [-0.2, 0) is 4.79 Å². The van der Waals surface area contributed by atoms with Gasteiger partial charge in [-0.25, -0.2) is 0 Å². The van der Waals surface area contributed by atoms with Gasteiger partial charge in [-0.15, -0.1) is 0 Å². The maximum absolute atomic E-state index is 12.2. The Labute approximate surface area is 154 Å². The van der Waals surface area contributed by atoms with Crippen LogP contribution in [0.15, 0.2) is 54.6 Å². The lowest BCUT2D eigenvalue weighted by molar-refractivity contribution is -0.125. The van der Waals surface area contributed by atoms with Crippen molar-refractivity contribution < 1.29 is 19.0 Å². The lowest BCUT2D eigenvalue weighted by Crippen LogP contribution is -2.29. The van der Waals surface area contributed by atoms with Gasteiger partial charge in [0.25, 0.3) is 0 Å². The van der Waals surface area contributed by atoms with E-state index in [1.807, 2.05) is 55.5 Å². The van der Waals surface area contributed by atoms with E-state index < -0.39 is 0 Å². The fourth-order valence-electron chi connectivity index (χ4n) is 2.22. The van der Waals surface area contributed by atoms with Gasteiger partial charge in [-0.05, 0) is 55.0 Å². The van der Waals surface area contributed by atoms with Gasteiger partial charge in [0.05, 0.1) is 20.3 Å². The fraction of sp³-hybridized carbons (Fsp3) is 0.286. The topological polar surface area (TPSA) is 48.0 Å². The zero-order valence-corrected chi connectivity index (χ0v) is 15.5. The summed E-state index contributed by atoms with van der Waals surface area (Å²) in [5, 5.41) is 0. The number of hydrogen-bond acceptors (Lipinski definition) is 4. The average Bonchev–Trinajstić information content (AvgIpc) is 2.68. The van der Waals surface area contributed by atoms with Crippen molar-refractivity contribution in [2.24, 2.45) is 0 Å². The van der Waals surface area contributed by atoms with Crippen molar-refractivity contribution in [1.29, 1.82) is 0 Å². The molecule has 0 bridgehead atoms. The molecule has 0 N–H and O–H groups in total. The monoisotopic (exact) mass is 355 g/mol. The van der Waals surface area contributed by atoms with Gasteiger partial charge in [0.2, 0.25) is 5.91 Å². The van der Waals surface area contributed by atoms with Crippen LogP contribution in [0.4, 0.5) is 0 Å². The third-order valence-corrected chi connectivity index (χ3v) is 3.74. The number of carbonyl (C=O) groups excluding carboxylic acids is 1. The molecule has 5 heteroatoms. The largest absolute Gasteiger partial charge is 0.497 e. The van der Waals surface area contributed by atoms with E-state index in [0.29, 0.717) is 19.8 Å². The van der Waals surface area contributed by atoms with Gasteiger partial charge in [-0.1, -0.05) is 12.1 Å². The molecule has 0 aliphatic carbocycles. The number of methoxy groups -OCH3 is 1. The van der Waals surface area contributed by atoms with E-state index >= 15 is 0 Å². The third kappa shape index (κ3) is 6.16. The molecule has 2 aromatic rings. The first-order valence-electron chi connectivity index (χ1n) is 8.55. The molecule has 2 rings (SSSR count). The normalized spacial score (nSPS) is 10.6. The van der Waals surface area contributed by atoms with Crippen LogP contribution in [0.1, 0.15) is 12.5 Å². The number of carbonyl (C=O) groups is 1. The van der Waals surface area contributed by atoms with Crippen LogP contribution >= 0.6 is 0 Å². The quantitative estimate of drug-likeness (QED) is 0.644. The van der Waals surface area contributed by atoms with Gasteiger partial charge in [0, 0.05) is 13.1 Å². The molecule has 0 atom stereocenters. The Morgan fingerprint density at radius 2 is 1.54 bits per heavy atom. The zero-order valence-electron chi connectivity index (χ0n) is 15.5. The Kier molecular flexibility index (Phi) is 7.55. The second-order valence-corrected chi connectivity index (χ2v) is 5.62. The summed E-state index contributed by atoms with van der Waals surface area (Å²) < 4.78 is 16.1.